The lowest BCUT2D eigenvalue weighted by Crippen LogP contribution is -2.26. The minimum Gasteiger partial charge on any atom is -0.508 e. The van der Waals surface area contributed by atoms with Gasteiger partial charge in [0.1, 0.15) is 11.6 Å². The van der Waals surface area contributed by atoms with Crippen molar-refractivity contribution in [3.05, 3.63) is 59.9 Å². The first-order chi connectivity index (χ1) is 8.58. The number of nitrogens with zero attached hydrogens (tertiary/aromatic N) is 1. The van der Waals surface area contributed by atoms with Crippen LogP contribution in [0.15, 0.2) is 48.5 Å². The fourth-order valence-corrected chi connectivity index (χ4v) is 1.61. The summed E-state index contributed by atoms with van der Waals surface area (Å²) in [7, 11) is 1.60. The molecule has 0 saturated heterocycles. The Hall–Kier alpha value is -2.36. The monoisotopic (exact) mass is 245 g/mol. The van der Waals surface area contributed by atoms with Gasteiger partial charge in [0.05, 0.1) is 0 Å². The molecule has 2 aromatic rings. The van der Waals surface area contributed by atoms with Crippen molar-refractivity contribution in [3.8, 4) is 5.75 Å². The molecule has 0 aliphatic carbocycles. The van der Waals surface area contributed by atoms with Crippen LogP contribution in [0.4, 0.5) is 10.1 Å². The first kappa shape index (κ1) is 12.1. The zero-order chi connectivity index (χ0) is 13.1. The molecule has 0 fully saturated rings. The normalized spacial score (nSPS) is 10.1. The van der Waals surface area contributed by atoms with E-state index in [0.717, 1.165) is 0 Å². The summed E-state index contributed by atoms with van der Waals surface area (Å²) in [5, 5.41) is 9.36. The third-order valence-electron chi connectivity index (χ3n) is 2.61. The van der Waals surface area contributed by atoms with E-state index >= 15 is 0 Å². The average molecular weight is 245 g/mol. The standard InChI is InChI=1S/C14H12FNO2/c1-16(12-3-2-4-13(17)9-12)14(18)10-5-7-11(15)8-6-10/h2-9,17H,1H3. The van der Waals surface area contributed by atoms with Crippen molar-refractivity contribution >= 4 is 11.6 Å². The molecule has 1 N–H and O–H groups in total. The van der Waals surface area contributed by atoms with Crippen LogP contribution in [0, 0.1) is 5.82 Å². The quantitative estimate of drug-likeness (QED) is 0.883. The zero-order valence-electron chi connectivity index (χ0n) is 9.80. The van der Waals surface area contributed by atoms with Gasteiger partial charge in [-0.2, -0.15) is 0 Å². The number of rotatable bonds is 2. The molecule has 2 aromatic carbocycles. The van der Waals surface area contributed by atoms with E-state index < -0.39 is 0 Å². The molecule has 0 unspecified atom stereocenters. The number of amides is 1. The molecule has 0 atom stereocenters. The summed E-state index contributed by atoms with van der Waals surface area (Å²) in [6, 6.07) is 11.7. The van der Waals surface area contributed by atoms with Gasteiger partial charge in [-0.15, -0.1) is 0 Å². The maximum Gasteiger partial charge on any atom is 0.258 e. The summed E-state index contributed by atoms with van der Waals surface area (Å²) < 4.78 is 12.8. The number of phenolic OH excluding ortho intramolecular Hbond substituents is 1. The second-order valence-corrected chi connectivity index (χ2v) is 3.89. The molecule has 0 aliphatic rings. The maximum atomic E-state index is 12.8. The van der Waals surface area contributed by atoms with Gasteiger partial charge in [0, 0.05) is 24.4 Å². The number of phenols is 1. The fraction of sp³-hybridized carbons (Fsp3) is 0.0714. The van der Waals surface area contributed by atoms with Gasteiger partial charge in [0.25, 0.3) is 5.91 Å². The minimum atomic E-state index is -0.383. The Morgan fingerprint density at radius 3 is 2.44 bits per heavy atom. The molecular weight excluding hydrogens is 233 g/mol. The number of aromatic hydroxyl groups is 1. The van der Waals surface area contributed by atoms with Gasteiger partial charge < -0.3 is 10.0 Å². The van der Waals surface area contributed by atoms with Crippen LogP contribution in [-0.2, 0) is 0 Å². The van der Waals surface area contributed by atoms with E-state index in [1.165, 1.54) is 41.3 Å². The topological polar surface area (TPSA) is 40.5 Å². The molecule has 0 aliphatic heterocycles. The molecule has 3 nitrogen and oxygen atoms in total. The van der Waals surface area contributed by atoms with Gasteiger partial charge in [0.15, 0.2) is 0 Å². The average Bonchev–Trinajstić information content (AvgIpc) is 2.38. The van der Waals surface area contributed by atoms with Crippen LogP contribution in [0.3, 0.4) is 0 Å². The molecule has 0 aromatic heterocycles. The Morgan fingerprint density at radius 2 is 1.83 bits per heavy atom. The van der Waals surface area contributed by atoms with E-state index in [4.69, 9.17) is 0 Å². The van der Waals surface area contributed by atoms with Crippen LogP contribution in [0.5, 0.6) is 5.75 Å². The highest BCUT2D eigenvalue weighted by atomic mass is 19.1. The molecule has 4 heteroatoms. The molecule has 0 radical (unpaired) electrons. The summed E-state index contributed by atoms with van der Waals surface area (Å²) in [5.41, 5.74) is 0.964. The molecular formula is C14H12FNO2. The molecule has 2 rings (SSSR count). The molecule has 1 amide bonds. The lowest BCUT2D eigenvalue weighted by molar-refractivity contribution is 0.0993. The predicted molar refractivity (Wildman–Crippen MR) is 67.2 cm³/mol. The summed E-state index contributed by atoms with van der Waals surface area (Å²) in [6.45, 7) is 0. The largest absolute Gasteiger partial charge is 0.508 e. The lowest BCUT2D eigenvalue weighted by atomic mass is 10.2. The van der Waals surface area contributed by atoms with Crippen LogP contribution < -0.4 is 4.90 Å². The highest BCUT2D eigenvalue weighted by molar-refractivity contribution is 6.05. The van der Waals surface area contributed by atoms with E-state index in [2.05, 4.69) is 0 Å². The SMILES string of the molecule is CN(C(=O)c1ccc(F)cc1)c1cccc(O)c1. The predicted octanol–water partition coefficient (Wildman–Crippen LogP) is 2.81. The lowest BCUT2D eigenvalue weighted by Gasteiger charge is -2.17. The Morgan fingerprint density at radius 1 is 1.17 bits per heavy atom. The number of hydrogen-bond donors (Lipinski definition) is 1. The maximum absolute atomic E-state index is 12.8. The van der Waals surface area contributed by atoms with Crippen LogP contribution in [0.2, 0.25) is 0 Å². The van der Waals surface area contributed by atoms with E-state index in [1.54, 1.807) is 19.2 Å². The molecule has 0 spiro atoms. The van der Waals surface area contributed by atoms with Gasteiger partial charge in [-0.3, -0.25) is 4.79 Å². The van der Waals surface area contributed by atoms with Crippen molar-refractivity contribution in [2.45, 2.75) is 0 Å². The summed E-state index contributed by atoms with van der Waals surface area (Å²) >= 11 is 0. The highest BCUT2D eigenvalue weighted by Gasteiger charge is 2.13. The van der Waals surface area contributed by atoms with Gasteiger partial charge in [0.2, 0.25) is 0 Å². The van der Waals surface area contributed by atoms with E-state index in [9.17, 15) is 14.3 Å². The van der Waals surface area contributed by atoms with Crippen molar-refractivity contribution in [1.82, 2.24) is 0 Å². The van der Waals surface area contributed by atoms with Gasteiger partial charge in [-0.1, -0.05) is 6.07 Å². The van der Waals surface area contributed by atoms with Gasteiger partial charge in [-0.05, 0) is 36.4 Å². The van der Waals surface area contributed by atoms with Crippen molar-refractivity contribution in [3.63, 3.8) is 0 Å². The summed E-state index contributed by atoms with van der Waals surface area (Å²) in [6.07, 6.45) is 0. The Balaban J connectivity index is 2.26. The molecule has 0 heterocycles. The van der Waals surface area contributed by atoms with Gasteiger partial charge >= 0.3 is 0 Å². The first-order valence-electron chi connectivity index (χ1n) is 5.40. The Bertz CT molecular complexity index is 566. The van der Waals surface area contributed by atoms with Crippen LogP contribution >= 0.6 is 0 Å². The molecule has 0 saturated carbocycles. The third kappa shape index (κ3) is 2.48. The van der Waals surface area contributed by atoms with Gasteiger partial charge in [-0.25, -0.2) is 4.39 Å². The Labute approximate surface area is 104 Å². The molecule has 92 valence electrons. The van der Waals surface area contributed by atoms with E-state index in [0.29, 0.717) is 11.3 Å². The number of benzene rings is 2. The van der Waals surface area contributed by atoms with Crippen molar-refractivity contribution in [1.29, 1.82) is 0 Å². The van der Waals surface area contributed by atoms with E-state index in [1.807, 2.05) is 0 Å². The smallest absolute Gasteiger partial charge is 0.258 e. The number of carbonyl (C=O) groups is 1. The minimum absolute atomic E-state index is 0.0891. The second kappa shape index (κ2) is 4.87. The zero-order valence-corrected chi connectivity index (χ0v) is 9.80. The van der Waals surface area contributed by atoms with Crippen LogP contribution in [0.1, 0.15) is 10.4 Å². The van der Waals surface area contributed by atoms with Crippen molar-refractivity contribution in [2.24, 2.45) is 0 Å². The summed E-state index contributed by atoms with van der Waals surface area (Å²) in [5.74, 6) is -0.557. The molecule has 0 bridgehead atoms. The third-order valence-corrected chi connectivity index (χ3v) is 2.61. The number of halogens is 1. The first-order valence-corrected chi connectivity index (χ1v) is 5.40. The van der Waals surface area contributed by atoms with Crippen molar-refractivity contribution < 1.29 is 14.3 Å². The van der Waals surface area contributed by atoms with E-state index in [-0.39, 0.29) is 17.5 Å². The Kier molecular flexibility index (Phi) is 3.28. The van der Waals surface area contributed by atoms with Crippen molar-refractivity contribution in [2.75, 3.05) is 11.9 Å². The number of hydrogen-bond acceptors (Lipinski definition) is 2. The fourth-order valence-electron chi connectivity index (χ4n) is 1.61. The van der Waals surface area contributed by atoms with Crippen LogP contribution in [-0.4, -0.2) is 18.1 Å². The summed E-state index contributed by atoms with van der Waals surface area (Å²) in [4.78, 5) is 13.5. The molecule has 18 heavy (non-hydrogen) atoms. The highest BCUT2D eigenvalue weighted by Crippen LogP contribution is 2.20. The van der Waals surface area contributed by atoms with Crippen LogP contribution in [0.25, 0.3) is 0 Å². The number of anilines is 1. The number of carbonyl (C=O) groups excluding carboxylic acids is 1. The second-order valence-electron chi connectivity index (χ2n) is 3.89.